The van der Waals surface area contributed by atoms with E-state index in [-0.39, 0.29) is 11.6 Å². The van der Waals surface area contributed by atoms with Gasteiger partial charge in [0.15, 0.2) is 0 Å². The fourth-order valence-corrected chi connectivity index (χ4v) is 1.78. The molecule has 0 aliphatic carbocycles. The van der Waals surface area contributed by atoms with Gasteiger partial charge in [0.1, 0.15) is 0 Å². The van der Waals surface area contributed by atoms with Crippen molar-refractivity contribution in [3.63, 3.8) is 0 Å². The lowest BCUT2D eigenvalue weighted by atomic mass is 10.0. The Morgan fingerprint density at radius 2 is 1.94 bits per heavy atom. The number of rotatable bonds is 5. The van der Waals surface area contributed by atoms with Crippen LogP contribution in [0, 0.1) is 0 Å². The molecule has 0 radical (unpaired) electrons. The monoisotopic (exact) mass is 255 g/mol. The molecule has 3 heteroatoms. The van der Waals surface area contributed by atoms with Crippen molar-refractivity contribution in [3.8, 4) is 0 Å². The third-order valence-electron chi connectivity index (χ3n) is 2.46. The van der Waals surface area contributed by atoms with E-state index in [9.17, 15) is 0 Å². The molecule has 96 valence electrons. The number of benzene rings is 1. The van der Waals surface area contributed by atoms with Gasteiger partial charge in [0, 0.05) is 17.7 Å². The second-order valence-corrected chi connectivity index (χ2v) is 5.71. The van der Waals surface area contributed by atoms with Gasteiger partial charge in [-0.15, -0.1) is 0 Å². The number of nitrogens with two attached hydrogens (primary N) is 1. The summed E-state index contributed by atoms with van der Waals surface area (Å²) in [5.41, 5.74) is 7.08. The Labute approximate surface area is 109 Å². The first-order valence-corrected chi connectivity index (χ1v) is 6.39. The Morgan fingerprint density at radius 1 is 1.29 bits per heavy atom. The molecule has 2 nitrogen and oxygen atoms in total. The van der Waals surface area contributed by atoms with Crippen LogP contribution in [0.15, 0.2) is 24.3 Å². The Bertz CT molecular complexity index is 346. The summed E-state index contributed by atoms with van der Waals surface area (Å²) in [4.78, 5) is 0. The van der Waals surface area contributed by atoms with E-state index in [4.69, 9.17) is 22.1 Å². The highest BCUT2D eigenvalue weighted by Gasteiger charge is 2.12. The van der Waals surface area contributed by atoms with E-state index in [0.717, 1.165) is 23.4 Å². The van der Waals surface area contributed by atoms with E-state index in [1.165, 1.54) is 0 Å². The molecule has 1 atom stereocenters. The van der Waals surface area contributed by atoms with E-state index in [1.54, 1.807) is 0 Å². The van der Waals surface area contributed by atoms with Crippen LogP contribution in [0.25, 0.3) is 0 Å². The fraction of sp³-hybridized carbons (Fsp3) is 0.571. The van der Waals surface area contributed by atoms with Crippen molar-refractivity contribution >= 4 is 11.6 Å². The highest BCUT2D eigenvalue weighted by molar-refractivity contribution is 6.31. The standard InChI is InChI=1S/C14H22ClNO/c1-14(2,3)17-9-8-12(16)10-11-6-4-5-7-13(11)15/h4-7,12H,8-10,16H2,1-3H3. The lowest BCUT2D eigenvalue weighted by molar-refractivity contribution is -0.00595. The lowest BCUT2D eigenvalue weighted by Crippen LogP contribution is -2.28. The average molecular weight is 256 g/mol. The summed E-state index contributed by atoms with van der Waals surface area (Å²) in [5, 5.41) is 0.791. The van der Waals surface area contributed by atoms with Crippen LogP contribution in [0.2, 0.25) is 5.02 Å². The smallest absolute Gasteiger partial charge is 0.0598 e. The van der Waals surface area contributed by atoms with Crippen LogP contribution in [0.4, 0.5) is 0 Å². The average Bonchev–Trinajstić information content (AvgIpc) is 2.19. The van der Waals surface area contributed by atoms with Gasteiger partial charge >= 0.3 is 0 Å². The maximum atomic E-state index is 6.09. The van der Waals surface area contributed by atoms with Gasteiger partial charge in [-0.3, -0.25) is 0 Å². The van der Waals surface area contributed by atoms with E-state index < -0.39 is 0 Å². The van der Waals surface area contributed by atoms with Gasteiger partial charge in [0.05, 0.1) is 5.60 Å². The molecule has 0 aliphatic rings. The summed E-state index contributed by atoms with van der Waals surface area (Å²) in [7, 11) is 0. The van der Waals surface area contributed by atoms with Crippen LogP contribution >= 0.6 is 11.6 Å². The Kier molecular flexibility index (Phi) is 5.44. The third-order valence-corrected chi connectivity index (χ3v) is 2.83. The van der Waals surface area contributed by atoms with Gasteiger partial charge in [-0.1, -0.05) is 29.8 Å². The number of hydrogen-bond acceptors (Lipinski definition) is 2. The van der Waals surface area contributed by atoms with Crippen molar-refractivity contribution in [1.29, 1.82) is 0 Å². The van der Waals surface area contributed by atoms with Gasteiger partial charge < -0.3 is 10.5 Å². The van der Waals surface area contributed by atoms with Gasteiger partial charge in [-0.2, -0.15) is 0 Å². The summed E-state index contributed by atoms with van der Waals surface area (Å²) in [6.07, 6.45) is 1.65. The van der Waals surface area contributed by atoms with E-state index >= 15 is 0 Å². The van der Waals surface area contributed by atoms with Crippen LogP contribution in [0.1, 0.15) is 32.8 Å². The molecular weight excluding hydrogens is 234 g/mol. The molecular formula is C14H22ClNO. The first-order valence-electron chi connectivity index (χ1n) is 6.01. The summed E-state index contributed by atoms with van der Waals surface area (Å²) in [6, 6.07) is 7.93. The lowest BCUT2D eigenvalue weighted by Gasteiger charge is -2.21. The van der Waals surface area contributed by atoms with Crippen molar-refractivity contribution in [1.82, 2.24) is 0 Å². The SMILES string of the molecule is CC(C)(C)OCCC(N)Cc1ccccc1Cl. The van der Waals surface area contributed by atoms with Gasteiger partial charge in [-0.05, 0) is 45.2 Å². The molecule has 2 N–H and O–H groups in total. The molecule has 1 rings (SSSR count). The van der Waals surface area contributed by atoms with Crippen molar-refractivity contribution in [2.45, 2.75) is 45.3 Å². The van der Waals surface area contributed by atoms with Gasteiger partial charge in [0.2, 0.25) is 0 Å². The predicted molar refractivity (Wildman–Crippen MR) is 73.5 cm³/mol. The van der Waals surface area contributed by atoms with Crippen LogP contribution in [0.3, 0.4) is 0 Å². The molecule has 17 heavy (non-hydrogen) atoms. The van der Waals surface area contributed by atoms with E-state index in [0.29, 0.717) is 6.61 Å². The topological polar surface area (TPSA) is 35.2 Å². The van der Waals surface area contributed by atoms with Crippen molar-refractivity contribution in [3.05, 3.63) is 34.9 Å². The van der Waals surface area contributed by atoms with Gasteiger partial charge in [-0.25, -0.2) is 0 Å². The predicted octanol–water partition coefficient (Wildman–Crippen LogP) is 3.42. The van der Waals surface area contributed by atoms with E-state index in [1.807, 2.05) is 45.0 Å². The Hall–Kier alpha value is -0.570. The second kappa shape index (κ2) is 6.39. The summed E-state index contributed by atoms with van der Waals surface area (Å²) < 4.78 is 5.65. The zero-order chi connectivity index (χ0) is 12.9. The first kappa shape index (κ1) is 14.5. The summed E-state index contributed by atoms with van der Waals surface area (Å²) in [5.74, 6) is 0. The molecule has 0 fully saturated rings. The zero-order valence-electron chi connectivity index (χ0n) is 10.9. The number of ether oxygens (including phenoxy) is 1. The minimum absolute atomic E-state index is 0.0931. The molecule has 1 aromatic rings. The largest absolute Gasteiger partial charge is 0.376 e. The van der Waals surface area contributed by atoms with Crippen LogP contribution < -0.4 is 5.73 Å². The first-order chi connectivity index (χ1) is 7.88. The van der Waals surface area contributed by atoms with Gasteiger partial charge in [0.25, 0.3) is 0 Å². The minimum atomic E-state index is -0.0931. The molecule has 0 heterocycles. The number of hydrogen-bond donors (Lipinski definition) is 1. The zero-order valence-corrected chi connectivity index (χ0v) is 11.6. The fourth-order valence-electron chi connectivity index (χ4n) is 1.56. The Morgan fingerprint density at radius 3 is 2.53 bits per heavy atom. The maximum absolute atomic E-state index is 6.09. The number of halogens is 1. The molecule has 0 aliphatic heterocycles. The maximum Gasteiger partial charge on any atom is 0.0598 e. The third kappa shape index (κ3) is 6.06. The molecule has 0 aromatic heterocycles. The highest BCUT2D eigenvalue weighted by atomic mass is 35.5. The quantitative estimate of drug-likeness (QED) is 0.875. The molecule has 0 amide bonds. The normalized spacial score (nSPS) is 13.7. The summed E-state index contributed by atoms with van der Waals surface area (Å²) >= 11 is 6.09. The van der Waals surface area contributed by atoms with Crippen molar-refractivity contribution < 1.29 is 4.74 Å². The second-order valence-electron chi connectivity index (χ2n) is 5.31. The molecule has 0 bridgehead atoms. The molecule has 1 aromatic carbocycles. The molecule has 0 saturated carbocycles. The minimum Gasteiger partial charge on any atom is -0.376 e. The van der Waals surface area contributed by atoms with Crippen LogP contribution in [0.5, 0.6) is 0 Å². The van der Waals surface area contributed by atoms with E-state index in [2.05, 4.69) is 0 Å². The van der Waals surface area contributed by atoms with Crippen molar-refractivity contribution in [2.24, 2.45) is 5.73 Å². The molecule has 1 unspecified atom stereocenters. The van der Waals surface area contributed by atoms with Crippen LogP contribution in [-0.2, 0) is 11.2 Å². The summed E-state index contributed by atoms with van der Waals surface area (Å²) in [6.45, 7) is 6.83. The van der Waals surface area contributed by atoms with Crippen molar-refractivity contribution in [2.75, 3.05) is 6.61 Å². The molecule has 0 saturated heterocycles. The van der Waals surface area contributed by atoms with Crippen LogP contribution in [-0.4, -0.2) is 18.2 Å². The Balaban J connectivity index is 2.35. The molecule has 0 spiro atoms. The highest BCUT2D eigenvalue weighted by Crippen LogP contribution is 2.17.